The van der Waals surface area contributed by atoms with Gasteiger partial charge in [0.25, 0.3) is 17.4 Å². The van der Waals surface area contributed by atoms with Crippen LogP contribution in [0.5, 0.6) is 5.75 Å². The van der Waals surface area contributed by atoms with Crippen LogP contribution in [0.2, 0.25) is 0 Å². The van der Waals surface area contributed by atoms with Crippen molar-refractivity contribution in [1.82, 2.24) is 24.5 Å². The number of oxime groups is 1. The van der Waals surface area contributed by atoms with Gasteiger partial charge in [-0.3, -0.25) is 19.6 Å². The first kappa shape index (κ1) is 40.3. The number of nitrogens with zero attached hydrogens (tertiary/aromatic N) is 5. The van der Waals surface area contributed by atoms with Crippen LogP contribution in [-0.2, 0) is 53.4 Å². The molecule has 23 heteroatoms. The number of aliphatic hydroxyl groups excluding tert-OH is 2. The normalized spacial score (nSPS) is 19.9. The number of carbonyl (C=O) groups is 3. The third-order valence-corrected chi connectivity index (χ3v) is 10.1. The fourth-order valence-electron chi connectivity index (χ4n) is 6.00. The number of carbonyl (C=O) groups excluding carboxylic acids is 2. The second-order valence-electron chi connectivity index (χ2n) is 13.3. The lowest BCUT2D eigenvalue weighted by atomic mass is 9.84. The number of nitrogen functional groups attached to an aromatic ring is 1. The first-order valence-electron chi connectivity index (χ1n) is 16.5. The van der Waals surface area contributed by atoms with Crippen LogP contribution in [0.3, 0.4) is 0 Å². The van der Waals surface area contributed by atoms with E-state index in [-0.39, 0.29) is 29.4 Å². The molecule has 21 nitrogen and oxygen atoms in total. The molecule has 5 rings (SSSR count). The monoisotopic (exact) mass is 795 g/mol. The molecule has 0 bridgehead atoms. The second kappa shape index (κ2) is 15.4. The van der Waals surface area contributed by atoms with Gasteiger partial charge in [-0.15, -0.1) is 15.6 Å². The Bertz CT molecular complexity index is 2130. The molecule has 1 saturated heterocycles. The molecule has 2 aliphatic rings. The summed E-state index contributed by atoms with van der Waals surface area (Å²) in [4.78, 5) is 48.6. The number of nitrogens with two attached hydrogens (primary N) is 2. The molecule has 4 atom stereocenters. The highest BCUT2D eigenvalue weighted by Crippen LogP contribution is 2.37. The number of amides is 2. The molecule has 4 heterocycles. The third-order valence-electron chi connectivity index (χ3n) is 9.07. The van der Waals surface area contributed by atoms with Gasteiger partial charge in [-0.05, 0) is 70.3 Å². The zero-order chi connectivity index (χ0) is 39.7. The molecule has 10 N–H and O–H groups in total. The number of anilines is 1. The molecule has 4 unspecified atom stereocenters. The fraction of sp³-hybridized carbons (Fsp3) is 0.484. The molecule has 1 aromatic carbocycles. The Balaban J connectivity index is 1.39. The Kier molecular flexibility index (Phi) is 11.5. The number of aryl methyl sites for hydroxylation is 2. The van der Waals surface area contributed by atoms with Crippen molar-refractivity contribution in [2.75, 3.05) is 18.9 Å². The molecular formula is C31H41N9O12S2. The number of benzene rings is 1. The summed E-state index contributed by atoms with van der Waals surface area (Å²) in [7, 11) is -5.05. The molecule has 54 heavy (non-hydrogen) atoms. The maximum Gasteiger partial charge on any atom is 0.418 e. The number of aliphatic carboxylic acids is 1. The zero-order valence-corrected chi connectivity index (χ0v) is 31.0. The van der Waals surface area contributed by atoms with E-state index in [1.54, 1.807) is 27.5 Å². The minimum absolute atomic E-state index is 0.0338. The van der Waals surface area contributed by atoms with Crippen molar-refractivity contribution in [3.63, 3.8) is 0 Å². The summed E-state index contributed by atoms with van der Waals surface area (Å²) in [6.45, 7) is 4.28. The number of fused-ring (bicyclic) bond motifs is 1. The van der Waals surface area contributed by atoms with Crippen molar-refractivity contribution in [2.45, 2.75) is 82.5 Å². The Labute approximate surface area is 312 Å². The van der Waals surface area contributed by atoms with Crippen LogP contribution in [0, 0.1) is 5.41 Å². The van der Waals surface area contributed by atoms with Crippen LogP contribution in [0.4, 0.5) is 5.13 Å². The van der Waals surface area contributed by atoms with Crippen molar-refractivity contribution in [3.05, 3.63) is 46.7 Å². The van der Waals surface area contributed by atoms with Crippen LogP contribution in [-0.4, -0.2) is 114 Å². The average molecular weight is 796 g/mol. The van der Waals surface area contributed by atoms with Crippen molar-refractivity contribution < 1.29 is 56.5 Å². The van der Waals surface area contributed by atoms with Gasteiger partial charge in [0.15, 0.2) is 16.9 Å². The molecule has 2 amide bonds. The molecule has 2 aliphatic heterocycles. The lowest BCUT2D eigenvalue weighted by Crippen LogP contribution is -2.76. The lowest BCUT2D eigenvalue weighted by molar-refractivity contribution is -0.218. The first-order chi connectivity index (χ1) is 25.3. The number of rotatable bonds is 16. The lowest BCUT2D eigenvalue weighted by Gasteiger charge is -2.50. The van der Waals surface area contributed by atoms with E-state index < -0.39 is 69.9 Å². The maximum atomic E-state index is 13.5. The molecule has 0 spiro atoms. The summed E-state index contributed by atoms with van der Waals surface area (Å²) < 4.78 is 45.2. The van der Waals surface area contributed by atoms with Crippen LogP contribution in [0.25, 0.3) is 11.3 Å². The predicted octanol–water partition coefficient (Wildman–Crippen LogP) is -1.03. The van der Waals surface area contributed by atoms with Gasteiger partial charge in [-0.1, -0.05) is 5.16 Å². The summed E-state index contributed by atoms with van der Waals surface area (Å²) in [6.07, 6.45) is 0.583. The third kappa shape index (κ3) is 8.11. The largest absolute Gasteiger partial charge is 0.485 e. The molecule has 3 aromatic rings. The molecule has 0 radical (unpaired) electrons. The summed E-state index contributed by atoms with van der Waals surface area (Å²) in [5, 5.41) is 46.7. The standard InChI is InChI=1S/C31H41N9O12S2/c1-30(2)24(26(44)40(30)52-54(47,48)49)36-25(43)23(19-15-53-28(33)35-19)37-51-31(3,27(45)46)22-8-6-17-11-16(5-7-21(17)50-22)20-13-38(10-4-9-32)29(34)39(20)12-18(42)14-41/h5,7,11,13,15,18,22,24,34,41-42H,4,6,8-10,12,14,32H2,1-3H3,(H2,33,35)(H,36,43)(H,45,46)(H,47,48,49)/b34-29?,37-23-. The van der Waals surface area contributed by atoms with Gasteiger partial charge < -0.3 is 50.8 Å². The Hall–Kier alpha value is -4.91. The Morgan fingerprint density at radius 2 is 2.06 bits per heavy atom. The maximum absolute atomic E-state index is 13.5. The number of hydrogen-bond donors (Lipinski definition) is 8. The first-order valence-corrected chi connectivity index (χ1v) is 18.7. The summed E-state index contributed by atoms with van der Waals surface area (Å²) in [5.74, 6) is -3.20. The number of thiazole rings is 1. The number of aromatic nitrogens is 3. The van der Waals surface area contributed by atoms with E-state index in [4.69, 9.17) is 31.0 Å². The predicted molar refractivity (Wildman–Crippen MR) is 189 cm³/mol. The van der Waals surface area contributed by atoms with E-state index in [1.165, 1.54) is 26.2 Å². The van der Waals surface area contributed by atoms with E-state index >= 15 is 0 Å². The van der Waals surface area contributed by atoms with Gasteiger partial charge >= 0.3 is 16.4 Å². The topological polar surface area (TPSA) is 320 Å². The number of carboxylic acids is 1. The van der Waals surface area contributed by atoms with Gasteiger partial charge in [0.05, 0.1) is 30.5 Å². The molecule has 2 aromatic heterocycles. The van der Waals surface area contributed by atoms with E-state index in [0.29, 0.717) is 53.6 Å². The molecule has 0 saturated carbocycles. The molecular weight excluding hydrogens is 755 g/mol. The minimum Gasteiger partial charge on any atom is -0.485 e. The molecule has 0 aliphatic carbocycles. The van der Waals surface area contributed by atoms with Crippen LogP contribution in [0.15, 0.2) is 34.9 Å². The zero-order valence-electron chi connectivity index (χ0n) is 29.3. The van der Waals surface area contributed by atoms with Crippen molar-refractivity contribution in [1.29, 1.82) is 5.41 Å². The summed E-state index contributed by atoms with van der Waals surface area (Å²) >= 11 is 0.943. The number of aliphatic hydroxyl groups is 2. The molecule has 1 fully saturated rings. The van der Waals surface area contributed by atoms with E-state index in [2.05, 4.69) is 19.7 Å². The van der Waals surface area contributed by atoms with E-state index in [1.807, 2.05) is 6.07 Å². The van der Waals surface area contributed by atoms with Crippen molar-refractivity contribution in [2.24, 2.45) is 10.9 Å². The summed E-state index contributed by atoms with van der Waals surface area (Å²) in [6, 6.07) is 3.81. The SMILES string of the molecule is CC(O/N=C(\C(=O)NC1C(=O)N(OS(=O)(=O)O)C1(C)C)c1csc(N)n1)(C(=O)O)C1CCc2cc(-c3cn(CCCN)c(=N)n3CC(O)CO)ccc2O1. The number of ether oxygens (including phenoxy) is 1. The van der Waals surface area contributed by atoms with Crippen molar-refractivity contribution >= 4 is 50.4 Å². The van der Waals surface area contributed by atoms with Crippen LogP contribution < -0.4 is 27.1 Å². The Morgan fingerprint density at radius 1 is 1.33 bits per heavy atom. The van der Waals surface area contributed by atoms with E-state index in [0.717, 1.165) is 11.3 Å². The number of carboxylic acid groups (broad SMARTS) is 1. The van der Waals surface area contributed by atoms with Gasteiger partial charge in [0, 0.05) is 23.7 Å². The quantitative estimate of drug-likeness (QED) is 0.0372. The van der Waals surface area contributed by atoms with Gasteiger partial charge in [-0.2, -0.15) is 13.5 Å². The molecule has 294 valence electrons. The highest BCUT2D eigenvalue weighted by atomic mass is 32.3. The number of β-lactam (4-membered cyclic amide) rings is 1. The van der Waals surface area contributed by atoms with E-state index in [9.17, 15) is 38.1 Å². The number of hydrogen-bond acceptors (Lipinski definition) is 16. The van der Waals surface area contributed by atoms with Gasteiger partial charge in [0.2, 0.25) is 5.62 Å². The van der Waals surface area contributed by atoms with Crippen LogP contribution >= 0.6 is 11.3 Å². The Morgan fingerprint density at radius 3 is 2.65 bits per heavy atom. The fourth-order valence-corrected chi connectivity index (χ4v) is 7.00. The van der Waals surface area contributed by atoms with Gasteiger partial charge in [-0.25, -0.2) is 9.78 Å². The highest BCUT2D eigenvalue weighted by Gasteiger charge is 2.58. The second-order valence-corrected chi connectivity index (χ2v) is 15.2. The number of nitrogens with one attached hydrogen (secondary N) is 2. The average Bonchev–Trinajstić information content (AvgIpc) is 3.69. The smallest absolute Gasteiger partial charge is 0.418 e. The number of imidazole rings is 1. The van der Waals surface area contributed by atoms with Crippen molar-refractivity contribution in [3.8, 4) is 17.0 Å². The highest BCUT2D eigenvalue weighted by molar-refractivity contribution is 7.80. The minimum atomic E-state index is -5.05. The van der Waals surface area contributed by atoms with Crippen LogP contribution in [0.1, 0.15) is 44.9 Å². The number of hydroxylamine groups is 2. The van der Waals surface area contributed by atoms with Gasteiger partial charge in [0.1, 0.15) is 17.5 Å². The summed E-state index contributed by atoms with van der Waals surface area (Å²) in [5.41, 5.74) is 9.23.